The molecule has 0 aromatic carbocycles. The normalized spacial score (nSPS) is 29.4. The van der Waals surface area contributed by atoms with Gasteiger partial charge in [-0.1, -0.05) is 13.3 Å². The lowest BCUT2D eigenvalue weighted by Crippen LogP contribution is -2.02. The second-order valence-electron chi connectivity index (χ2n) is 4.88. The van der Waals surface area contributed by atoms with E-state index in [0.29, 0.717) is 12.0 Å². The first kappa shape index (κ1) is 9.58. The Bertz CT molecular complexity index is 416. The minimum absolute atomic E-state index is 0.659. The maximum atomic E-state index is 5.32. The summed E-state index contributed by atoms with van der Waals surface area (Å²) < 4.78 is 3.13. The van der Waals surface area contributed by atoms with Gasteiger partial charge in [0.05, 0.1) is 0 Å². The molecule has 1 N–H and O–H groups in total. The SMILES string of the molecule is CCCC1CC1n1c(C2CC2)n[nH]c1=S. The van der Waals surface area contributed by atoms with E-state index in [4.69, 9.17) is 12.2 Å². The molecule has 1 aromatic rings. The molecule has 0 saturated heterocycles. The third kappa shape index (κ3) is 1.65. The van der Waals surface area contributed by atoms with Crippen molar-refractivity contribution in [1.82, 2.24) is 14.8 Å². The van der Waals surface area contributed by atoms with E-state index in [1.165, 1.54) is 37.9 Å². The van der Waals surface area contributed by atoms with Crippen LogP contribution in [0.4, 0.5) is 0 Å². The number of H-pyrrole nitrogens is 1. The van der Waals surface area contributed by atoms with E-state index >= 15 is 0 Å². The predicted molar refractivity (Wildman–Crippen MR) is 61.4 cm³/mol. The van der Waals surface area contributed by atoms with Gasteiger partial charge < -0.3 is 4.57 Å². The Hall–Kier alpha value is -0.640. The van der Waals surface area contributed by atoms with Crippen molar-refractivity contribution in [2.24, 2.45) is 5.92 Å². The van der Waals surface area contributed by atoms with Gasteiger partial charge in [0.2, 0.25) is 0 Å². The zero-order chi connectivity index (χ0) is 10.4. The molecule has 4 heteroatoms. The fourth-order valence-electron chi connectivity index (χ4n) is 2.50. The highest BCUT2D eigenvalue weighted by atomic mass is 32.1. The van der Waals surface area contributed by atoms with E-state index in [9.17, 15) is 0 Å². The smallest absolute Gasteiger partial charge is 0.195 e. The Labute approximate surface area is 94.9 Å². The van der Waals surface area contributed by atoms with E-state index in [-0.39, 0.29) is 0 Å². The molecule has 2 atom stereocenters. The molecule has 3 rings (SSSR count). The second kappa shape index (κ2) is 3.44. The van der Waals surface area contributed by atoms with Crippen molar-refractivity contribution < 1.29 is 0 Å². The lowest BCUT2D eigenvalue weighted by atomic mass is 10.2. The molecular formula is C11H17N3S. The van der Waals surface area contributed by atoms with E-state index in [1.54, 1.807) is 0 Å². The molecular weight excluding hydrogens is 206 g/mol. The van der Waals surface area contributed by atoms with Gasteiger partial charge in [0.15, 0.2) is 4.77 Å². The fourth-order valence-corrected chi connectivity index (χ4v) is 2.77. The molecule has 15 heavy (non-hydrogen) atoms. The number of hydrogen-bond donors (Lipinski definition) is 1. The largest absolute Gasteiger partial charge is 0.301 e. The van der Waals surface area contributed by atoms with Gasteiger partial charge in [-0.25, -0.2) is 0 Å². The molecule has 0 radical (unpaired) electrons. The zero-order valence-corrected chi connectivity index (χ0v) is 9.89. The van der Waals surface area contributed by atoms with Gasteiger partial charge in [-0.15, -0.1) is 0 Å². The molecule has 2 unspecified atom stereocenters. The van der Waals surface area contributed by atoms with E-state index in [0.717, 1.165) is 10.7 Å². The van der Waals surface area contributed by atoms with Crippen molar-refractivity contribution in [2.45, 2.75) is 51.0 Å². The highest BCUT2D eigenvalue weighted by molar-refractivity contribution is 7.71. The molecule has 2 saturated carbocycles. The van der Waals surface area contributed by atoms with Crippen molar-refractivity contribution in [3.63, 3.8) is 0 Å². The summed E-state index contributed by atoms with van der Waals surface area (Å²) in [5.74, 6) is 2.78. The molecule has 2 fully saturated rings. The number of hydrogen-bond acceptors (Lipinski definition) is 2. The first-order valence-corrected chi connectivity index (χ1v) is 6.39. The topological polar surface area (TPSA) is 33.6 Å². The Morgan fingerprint density at radius 1 is 1.53 bits per heavy atom. The van der Waals surface area contributed by atoms with Crippen LogP contribution in [0.5, 0.6) is 0 Å². The van der Waals surface area contributed by atoms with E-state index in [1.807, 2.05) is 0 Å². The first-order valence-electron chi connectivity index (χ1n) is 5.98. The highest BCUT2D eigenvalue weighted by Crippen LogP contribution is 2.49. The van der Waals surface area contributed by atoms with Crippen molar-refractivity contribution in [2.75, 3.05) is 0 Å². The maximum Gasteiger partial charge on any atom is 0.195 e. The Balaban J connectivity index is 1.85. The minimum atomic E-state index is 0.659. The molecule has 2 aliphatic carbocycles. The van der Waals surface area contributed by atoms with Crippen LogP contribution in [-0.4, -0.2) is 14.8 Å². The van der Waals surface area contributed by atoms with Crippen LogP contribution in [0.25, 0.3) is 0 Å². The zero-order valence-electron chi connectivity index (χ0n) is 9.07. The van der Waals surface area contributed by atoms with Crippen molar-refractivity contribution in [3.05, 3.63) is 10.6 Å². The summed E-state index contributed by atoms with van der Waals surface area (Å²) >= 11 is 5.32. The molecule has 0 bridgehead atoms. The quantitative estimate of drug-likeness (QED) is 0.795. The number of nitrogens with zero attached hydrogens (tertiary/aromatic N) is 2. The van der Waals surface area contributed by atoms with Gasteiger partial charge >= 0.3 is 0 Å². The monoisotopic (exact) mass is 223 g/mol. The summed E-state index contributed by atoms with van der Waals surface area (Å²) in [6.07, 6.45) is 6.52. The van der Waals surface area contributed by atoms with Crippen molar-refractivity contribution >= 4 is 12.2 Å². The van der Waals surface area contributed by atoms with Gasteiger partial charge in [-0.05, 0) is 43.8 Å². The average molecular weight is 223 g/mol. The van der Waals surface area contributed by atoms with Crippen LogP contribution in [0.15, 0.2) is 0 Å². The van der Waals surface area contributed by atoms with Gasteiger partial charge in [-0.3, -0.25) is 5.10 Å². The lowest BCUT2D eigenvalue weighted by molar-refractivity contribution is 0.583. The minimum Gasteiger partial charge on any atom is -0.301 e. The van der Waals surface area contributed by atoms with Gasteiger partial charge in [0, 0.05) is 12.0 Å². The van der Waals surface area contributed by atoms with Crippen LogP contribution < -0.4 is 0 Å². The van der Waals surface area contributed by atoms with Gasteiger partial charge in [-0.2, -0.15) is 5.10 Å². The molecule has 2 aliphatic rings. The summed E-state index contributed by atoms with van der Waals surface area (Å²) in [5, 5.41) is 7.34. The summed E-state index contributed by atoms with van der Waals surface area (Å²) in [4.78, 5) is 0. The van der Waals surface area contributed by atoms with Crippen molar-refractivity contribution in [1.29, 1.82) is 0 Å². The molecule has 0 aliphatic heterocycles. The predicted octanol–water partition coefficient (Wildman–Crippen LogP) is 3.18. The van der Waals surface area contributed by atoms with E-state index in [2.05, 4.69) is 21.7 Å². The summed E-state index contributed by atoms with van der Waals surface area (Å²) in [5.41, 5.74) is 0. The van der Waals surface area contributed by atoms with Crippen LogP contribution in [0.2, 0.25) is 0 Å². The maximum absolute atomic E-state index is 5.32. The molecule has 1 aromatic heterocycles. The summed E-state index contributed by atoms with van der Waals surface area (Å²) in [7, 11) is 0. The van der Waals surface area contributed by atoms with Crippen LogP contribution in [-0.2, 0) is 0 Å². The molecule has 82 valence electrons. The Morgan fingerprint density at radius 2 is 2.33 bits per heavy atom. The van der Waals surface area contributed by atoms with Crippen molar-refractivity contribution in [3.8, 4) is 0 Å². The number of nitrogens with one attached hydrogen (secondary N) is 1. The number of aromatic amines is 1. The van der Waals surface area contributed by atoms with Gasteiger partial charge in [0.25, 0.3) is 0 Å². The van der Waals surface area contributed by atoms with Crippen LogP contribution in [0.3, 0.4) is 0 Å². The molecule has 0 spiro atoms. The third-order valence-electron chi connectivity index (χ3n) is 3.55. The lowest BCUT2D eigenvalue weighted by Gasteiger charge is -2.04. The molecule has 0 amide bonds. The fraction of sp³-hybridized carbons (Fsp3) is 0.818. The number of aromatic nitrogens is 3. The van der Waals surface area contributed by atoms with Crippen LogP contribution >= 0.6 is 12.2 Å². The summed E-state index contributed by atoms with van der Waals surface area (Å²) in [6, 6.07) is 0.659. The number of rotatable bonds is 4. The molecule has 1 heterocycles. The summed E-state index contributed by atoms with van der Waals surface area (Å²) in [6.45, 7) is 2.26. The second-order valence-corrected chi connectivity index (χ2v) is 5.27. The van der Waals surface area contributed by atoms with Crippen LogP contribution in [0, 0.1) is 10.7 Å². The van der Waals surface area contributed by atoms with E-state index < -0.39 is 0 Å². The molecule has 3 nitrogen and oxygen atoms in total. The Morgan fingerprint density at radius 3 is 3.00 bits per heavy atom. The van der Waals surface area contributed by atoms with Crippen LogP contribution in [0.1, 0.15) is 56.8 Å². The third-order valence-corrected chi connectivity index (χ3v) is 3.84. The van der Waals surface area contributed by atoms with Gasteiger partial charge in [0.1, 0.15) is 5.82 Å². The standard InChI is InChI=1S/C11H17N3S/c1-2-3-8-6-9(8)14-10(7-4-5-7)12-13-11(14)15/h7-9H,2-6H2,1H3,(H,13,15). The average Bonchev–Trinajstić information content (AvgIpc) is 3.10. The Kier molecular flexibility index (Phi) is 2.20. The first-order chi connectivity index (χ1) is 7.31. The highest BCUT2D eigenvalue weighted by Gasteiger charge is 2.41.